The van der Waals surface area contributed by atoms with Crippen LogP contribution in [0.1, 0.15) is 34.2 Å². The Kier molecular flexibility index (Phi) is 6.83. The first-order valence-corrected chi connectivity index (χ1v) is 9.23. The van der Waals surface area contributed by atoms with Gasteiger partial charge in [-0.1, -0.05) is 37.0 Å². The number of amides is 1. The van der Waals surface area contributed by atoms with Crippen LogP contribution < -0.4 is 10.6 Å². The highest BCUT2D eigenvalue weighted by Gasteiger charge is 2.15. The summed E-state index contributed by atoms with van der Waals surface area (Å²) in [6.45, 7) is 7.11. The third kappa shape index (κ3) is 5.33. The number of rotatable bonds is 7. The number of carbonyl (C=O) groups excluding carboxylic acids is 1. The van der Waals surface area contributed by atoms with Crippen LogP contribution in [0.2, 0.25) is 10.0 Å². The molecular weight excluding hydrogens is 367 g/mol. The fraction of sp³-hybridized carbons (Fsp3) is 0.438. The van der Waals surface area contributed by atoms with E-state index in [0.717, 1.165) is 17.1 Å². The van der Waals surface area contributed by atoms with Gasteiger partial charge in [0.25, 0.3) is 5.91 Å². The smallest absolute Gasteiger partial charge is 0.263 e. The summed E-state index contributed by atoms with van der Waals surface area (Å²) in [5.74, 6) is 0.966. The van der Waals surface area contributed by atoms with Crippen molar-refractivity contribution in [1.82, 2.24) is 15.3 Å². The van der Waals surface area contributed by atoms with Gasteiger partial charge < -0.3 is 10.6 Å². The molecule has 0 aliphatic carbocycles. The van der Waals surface area contributed by atoms with Crippen LogP contribution in [0.15, 0.2) is 12.3 Å². The molecule has 0 aliphatic rings. The lowest BCUT2D eigenvalue weighted by Crippen LogP contribution is -2.28. The number of aromatic nitrogens is 2. The maximum atomic E-state index is 12.3. The zero-order valence-electron chi connectivity index (χ0n) is 13.8. The molecule has 0 radical (unpaired) electrons. The molecule has 0 aromatic carbocycles. The molecule has 0 fully saturated rings. The second kappa shape index (κ2) is 8.65. The van der Waals surface area contributed by atoms with Crippen molar-refractivity contribution >= 4 is 46.3 Å². The Labute approximate surface area is 155 Å². The van der Waals surface area contributed by atoms with Crippen LogP contribution in [-0.4, -0.2) is 29.0 Å². The summed E-state index contributed by atoms with van der Waals surface area (Å²) in [5.41, 5.74) is 0.781. The van der Waals surface area contributed by atoms with Crippen LogP contribution >= 0.6 is 34.5 Å². The predicted octanol–water partition coefficient (Wildman–Crippen LogP) is 4.19. The van der Waals surface area contributed by atoms with Gasteiger partial charge in [-0.15, -0.1) is 11.3 Å². The van der Waals surface area contributed by atoms with Crippen molar-refractivity contribution in [2.75, 3.05) is 18.4 Å². The van der Waals surface area contributed by atoms with Gasteiger partial charge >= 0.3 is 0 Å². The van der Waals surface area contributed by atoms with Gasteiger partial charge in [0.15, 0.2) is 0 Å². The average Bonchev–Trinajstić information content (AvgIpc) is 2.85. The standard InChI is InChI=1S/C16H20Cl2N4OS/c1-9(2)6-13-22-10(3)14(24-13)16(23)20-5-4-19-15-12(18)7-11(17)8-21-15/h7-9H,4-6H2,1-3H3,(H,19,21)(H,20,23). The second-order valence-electron chi connectivity index (χ2n) is 5.79. The van der Waals surface area contributed by atoms with E-state index < -0.39 is 0 Å². The van der Waals surface area contributed by atoms with E-state index in [1.54, 1.807) is 6.07 Å². The Balaban J connectivity index is 1.84. The van der Waals surface area contributed by atoms with Crippen LogP contribution in [-0.2, 0) is 6.42 Å². The molecule has 2 rings (SSSR count). The molecule has 2 heterocycles. The van der Waals surface area contributed by atoms with Crippen molar-refractivity contribution in [3.8, 4) is 0 Å². The van der Waals surface area contributed by atoms with E-state index in [9.17, 15) is 4.79 Å². The monoisotopic (exact) mass is 386 g/mol. The number of pyridine rings is 1. The minimum Gasteiger partial charge on any atom is -0.367 e. The molecule has 1 amide bonds. The van der Waals surface area contributed by atoms with Gasteiger partial charge in [-0.05, 0) is 18.9 Å². The Hall–Kier alpha value is -1.37. The van der Waals surface area contributed by atoms with E-state index in [1.807, 2.05) is 6.92 Å². The van der Waals surface area contributed by atoms with Crippen molar-refractivity contribution in [2.45, 2.75) is 27.2 Å². The molecule has 2 aromatic rings. The average molecular weight is 387 g/mol. The summed E-state index contributed by atoms with van der Waals surface area (Å²) >= 11 is 13.3. The largest absolute Gasteiger partial charge is 0.367 e. The number of halogens is 2. The number of carbonyl (C=O) groups is 1. The van der Waals surface area contributed by atoms with Gasteiger partial charge in [-0.25, -0.2) is 9.97 Å². The summed E-state index contributed by atoms with van der Waals surface area (Å²) in [6, 6.07) is 1.62. The van der Waals surface area contributed by atoms with Crippen molar-refractivity contribution in [3.63, 3.8) is 0 Å². The number of nitrogens with one attached hydrogen (secondary N) is 2. The van der Waals surface area contributed by atoms with Gasteiger partial charge in [0.05, 0.1) is 20.7 Å². The van der Waals surface area contributed by atoms with E-state index >= 15 is 0 Å². The van der Waals surface area contributed by atoms with E-state index in [1.165, 1.54) is 17.5 Å². The highest BCUT2D eigenvalue weighted by Crippen LogP contribution is 2.22. The van der Waals surface area contributed by atoms with E-state index in [4.69, 9.17) is 23.2 Å². The maximum Gasteiger partial charge on any atom is 0.263 e. The molecule has 2 N–H and O–H groups in total. The number of thiazole rings is 1. The number of anilines is 1. The SMILES string of the molecule is Cc1nc(CC(C)C)sc1C(=O)NCCNc1ncc(Cl)cc1Cl. The summed E-state index contributed by atoms with van der Waals surface area (Å²) in [4.78, 5) is 21.5. The Morgan fingerprint density at radius 3 is 2.75 bits per heavy atom. The van der Waals surface area contributed by atoms with Gasteiger partial charge in [0.1, 0.15) is 10.7 Å². The Bertz CT molecular complexity index is 718. The number of hydrogen-bond donors (Lipinski definition) is 2. The molecule has 5 nitrogen and oxygen atoms in total. The van der Waals surface area contributed by atoms with Crippen LogP contribution in [0, 0.1) is 12.8 Å². The molecule has 0 saturated heterocycles. The first kappa shape index (κ1) is 19.0. The number of nitrogens with zero attached hydrogens (tertiary/aromatic N) is 2. The second-order valence-corrected chi connectivity index (χ2v) is 7.71. The van der Waals surface area contributed by atoms with E-state index in [-0.39, 0.29) is 5.91 Å². The molecule has 8 heteroatoms. The topological polar surface area (TPSA) is 66.9 Å². The number of aryl methyl sites for hydroxylation is 1. The zero-order valence-corrected chi connectivity index (χ0v) is 16.1. The predicted molar refractivity (Wildman–Crippen MR) is 100 cm³/mol. The van der Waals surface area contributed by atoms with Crippen molar-refractivity contribution in [1.29, 1.82) is 0 Å². The summed E-state index contributed by atoms with van der Waals surface area (Å²) in [6.07, 6.45) is 2.41. The molecule has 130 valence electrons. The highest BCUT2D eigenvalue weighted by atomic mass is 35.5. The van der Waals surface area contributed by atoms with Crippen LogP contribution in [0.4, 0.5) is 5.82 Å². The van der Waals surface area contributed by atoms with Gasteiger partial charge in [0, 0.05) is 25.7 Å². The van der Waals surface area contributed by atoms with Crippen LogP contribution in [0.5, 0.6) is 0 Å². The van der Waals surface area contributed by atoms with Crippen molar-refractivity contribution in [3.05, 3.63) is 37.9 Å². The quantitative estimate of drug-likeness (QED) is 0.699. The summed E-state index contributed by atoms with van der Waals surface area (Å²) in [7, 11) is 0. The van der Waals surface area contributed by atoms with E-state index in [2.05, 4.69) is 34.4 Å². The van der Waals surface area contributed by atoms with Crippen LogP contribution in [0.3, 0.4) is 0 Å². The van der Waals surface area contributed by atoms with Crippen molar-refractivity contribution < 1.29 is 4.79 Å². The third-order valence-corrected chi connectivity index (χ3v) is 4.81. The lowest BCUT2D eigenvalue weighted by atomic mass is 10.1. The third-order valence-electron chi connectivity index (χ3n) is 3.14. The van der Waals surface area contributed by atoms with Gasteiger partial charge in [-0.2, -0.15) is 0 Å². The fourth-order valence-corrected chi connectivity index (χ4v) is 3.72. The van der Waals surface area contributed by atoms with Crippen LogP contribution in [0.25, 0.3) is 0 Å². The minimum atomic E-state index is -0.100. The normalized spacial score (nSPS) is 10.9. The first-order chi connectivity index (χ1) is 11.4. The van der Waals surface area contributed by atoms with E-state index in [0.29, 0.717) is 39.7 Å². The maximum absolute atomic E-state index is 12.3. The molecule has 0 atom stereocenters. The number of hydrogen-bond acceptors (Lipinski definition) is 5. The minimum absolute atomic E-state index is 0.100. The van der Waals surface area contributed by atoms with Gasteiger partial charge in [0.2, 0.25) is 0 Å². The Morgan fingerprint density at radius 1 is 1.33 bits per heavy atom. The molecule has 0 bridgehead atoms. The summed E-state index contributed by atoms with van der Waals surface area (Å²) in [5, 5.41) is 7.88. The molecule has 24 heavy (non-hydrogen) atoms. The lowest BCUT2D eigenvalue weighted by molar-refractivity contribution is 0.0958. The molecule has 0 spiro atoms. The fourth-order valence-electron chi connectivity index (χ4n) is 2.08. The molecule has 2 aromatic heterocycles. The van der Waals surface area contributed by atoms with Gasteiger partial charge in [-0.3, -0.25) is 4.79 Å². The Morgan fingerprint density at radius 2 is 2.08 bits per heavy atom. The summed E-state index contributed by atoms with van der Waals surface area (Å²) < 4.78 is 0. The molecule has 0 unspecified atom stereocenters. The molecular formula is C16H20Cl2N4OS. The zero-order chi connectivity index (χ0) is 17.7. The molecule has 0 saturated carbocycles. The highest BCUT2D eigenvalue weighted by molar-refractivity contribution is 7.13. The van der Waals surface area contributed by atoms with Crippen molar-refractivity contribution in [2.24, 2.45) is 5.92 Å². The first-order valence-electron chi connectivity index (χ1n) is 7.66. The lowest BCUT2D eigenvalue weighted by Gasteiger charge is -2.08. The molecule has 0 aliphatic heterocycles.